The van der Waals surface area contributed by atoms with Crippen LogP contribution in [-0.2, 0) is 14.2 Å². The molecule has 0 aromatic carbocycles. The summed E-state index contributed by atoms with van der Waals surface area (Å²) in [5.74, 6) is 0. The van der Waals surface area contributed by atoms with Crippen LogP contribution in [0.15, 0.2) is 0 Å². The van der Waals surface area contributed by atoms with Gasteiger partial charge in [-0.2, -0.15) is 0 Å². The van der Waals surface area contributed by atoms with Crippen molar-refractivity contribution >= 4 is 6.16 Å². The number of ether oxygens (including phenoxy) is 3. The van der Waals surface area contributed by atoms with E-state index in [1.165, 1.54) is 0 Å². The quantitative estimate of drug-likeness (QED) is 0.446. The molecule has 0 aromatic heterocycles. The number of carbonyl (C=O) groups is 1. The van der Waals surface area contributed by atoms with Gasteiger partial charge in [0.25, 0.3) is 0 Å². The summed E-state index contributed by atoms with van der Waals surface area (Å²) in [7, 11) is 1.59. The van der Waals surface area contributed by atoms with Crippen molar-refractivity contribution in [2.75, 3.05) is 26.9 Å². The van der Waals surface area contributed by atoms with Crippen molar-refractivity contribution in [3.63, 3.8) is 0 Å². The zero-order valence-corrected chi connectivity index (χ0v) is 6.67. The van der Waals surface area contributed by atoms with Gasteiger partial charge in [0.15, 0.2) is 0 Å². The van der Waals surface area contributed by atoms with E-state index in [0.717, 1.165) is 0 Å². The predicted octanol–water partition coefficient (Wildman–Crippen LogP) is 1.01. The molecular formula is C7H13O4. The summed E-state index contributed by atoms with van der Waals surface area (Å²) >= 11 is 0. The summed E-state index contributed by atoms with van der Waals surface area (Å²) < 4.78 is 13.8. The summed E-state index contributed by atoms with van der Waals surface area (Å²) in [6.45, 7) is 4.33. The van der Waals surface area contributed by atoms with Gasteiger partial charge >= 0.3 is 6.16 Å². The van der Waals surface area contributed by atoms with Gasteiger partial charge in [-0.25, -0.2) is 4.79 Å². The highest BCUT2D eigenvalue weighted by Crippen LogP contribution is 1.87. The highest BCUT2D eigenvalue weighted by atomic mass is 16.7. The van der Waals surface area contributed by atoms with Crippen molar-refractivity contribution in [1.82, 2.24) is 0 Å². The minimum atomic E-state index is -0.670. The zero-order valence-electron chi connectivity index (χ0n) is 6.67. The van der Waals surface area contributed by atoms with E-state index in [1.54, 1.807) is 7.11 Å². The van der Waals surface area contributed by atoms with Gasteiger partial charge in [-0.1, -0.05) is 0 Å². The molecule has 65 valence electrons. The van der Waals surface area contributed by atoms with Crippen LogP contribution >= 0.6 is 0 Å². The highest BCUT2D eigenvalue weighted by molar-refractivity contribution is 5.59. The average molecular weight is 161 g/mol. The average Bonchev–Trinajstić information content (AvgIpc) is 1.99. The van der Waals surface area contributed by atoms with Gasteiger partial charge in [0.2, 0.25) is 0 Å². The molecule has 0 saturated heterocycles. The van der Waals surface area contributed by atoms with Crippen LogP contribution in [0.2, 0.25) is 0 Å². The first-order chi connectivity index (χ1) is 5.31. The van der Waals surface area contributed by atoms with Gasteiger partial charge in [0.05, 0.1) is 13.2 Å². The van der Waals surface area contributed by atoms with Crippen molar-refractivity contribution in [1.29, 1.82) is 0 Å². The fourth-order valence-electron chi connectivity index (χ4n) is 0.484. The molecule has 4 nitrogen and oxygen atoms in total. The van der Waals surface area contributed by atoms with Gasteiger partial charge in [-0.3, -0.25) is 0 Å². The molecule has 0 aliphatic carbocycles. The Hall–Kier alpha value is -0.770. The largest absolute Gasteiger partial charge is 0.508 e. The molecule has 1 radical (unpaired) electrons. The Labute approximate surface area is 66.4 Å². The maximum Gasteiger partial charge on any atom is 0.508 e. The van der Waals surface area contributed by atoms with Crippen LogP contribution in [0.4, 0.5) is 4.79 Å². The normalized spacial score (nSPS) is 9.27. The molecule has 0 saturated carbocycles. The van der Waals surface area contributed by atoms with Crippen LogP contribution in [0.5, 0.6) is 0 Å². The van der Waals surface area contributed by atoms with Crippen molar-refractivity contribution < 1.29 is 19.0 Å². The first kappa shape index (κ1) is 10.2. The van der Waals surface area contributed by atoms with Crippen LogP contribution in [0.3, 0.4) is 0 Å². The fourth-order valence-corrected chi connectivity index (χ4v) is 0.484. The molecule has 0 unspecified atom stereocenters. The molecule has 11 heavy (non-hydrogen) atoms. The van der Waals surface area contributed by atoms with Gasteiger partial charge in [-0.05, 0) is 6.92 Å². The standard InChI is InChI=1S/C7H13O4/c1-3-10-7(8)11-6-4-5-9-2/h1,3-6H2,2H3. The molecule has 0 aliphatic rings. The molecule has 0 amide bonds. The van der Waals surface area contributed by atoms with Gasteiger partial charge < -0.3 is 14.2 Å². The van der Waals surface area contributed by atoms with E-state index >= 15 is 0 Å². The third-order valence-corrected chi connectivity index (χ3v) is 0.933. The van der Waals surface area contributed by atoms with Gasteiger partial charge in [-0.15, -0.1) is 0 Å². The second-order valence-electron chi connectivity index (χ2n) is 1.79. The third kappa shape index (κ3) is 7.12. The minimum absolute atomic E-state index is 0.100. The van der Waals surface area contributed by atoms with Crippen molar-refractivity contribution in [2.45, 2.75) is 6.42 Å². The van der Waals surface area contributed by atoms with Crippen molar-refractivity contribution in [3.8, 4) is 0 Å². The van der Waals surface area contributed by atoms with E-state index in [1.807, 2.05) is 0 Å². The van der Waals surface area contributed by atoms with Crippen LogP contribution in [-0.4, -0.2) is 33.1 Å². The molecule has 0 fully saturated rings. The first-order valence-corrected chi connectivity index (χ1v) is 3.39. The topological polar surface area (TPSA) is 44.8 Å². The van der Waals surface area contributed by atoms with E-state index in [0.29, 0.717) is 19.6 Å². The molecule has 0 heterocycles. The molecule has 0 aliphatic heterocycles. The molecule has 0 N–H and O–H groups in total. The second kappa shape index (κ2) is 7.34. The summed E-state index contributed by atoms with van der Waals surface area (Å²) in [5.41, 5.74) is 0. The molecule has 0 bridgehead atoms. The SMILES string of the molecule is [CH2]COC(=O)OCCCOC. The second-order valence-corrected chi connectivity index (χ2v) is 1.79. The number of rotatable bonds is 5. The Morgan fingerprint density at radius 2 is 2.09 bits per heavy atom. The van der Waals surface area contributed by atoms with Crippen molar-refractivity contribution in [3.05, 3.63) is 6.92 Å². The maximum atomic E-state index is 10.5. The Morgan fingerprint density at radius 3 is 2.64 bits per heavy atom. The van der Waals surface area contributed by atoms with Crippen LogP contribution in [0.25, 0.3) is 0 Å². The fraction of sp³-hybridized carbons (Fsp3) is 0.714. The minimum Gasteiger partial charge on any atom is -0.434 e. The molecule has 0 spiro atoms. The Morgan fingerprint density at radius 1 is 1.36 bits per heavy atom. The molecule has 0 rings (SSSR count). The van der Waals surface area contributed by atoms with E-state index in [2.05, 4.69) is 16.4 Å². The Kier molecular flexibility index (Phi) is 6.82. The van der Waals surface area contributed by atoms with Crippen molar-refractivity contribution in [2.24, 2.45) is 0 Å². The molecule has 0 atom stereocenters. The van der Waals surface area contributed by atoms with Crippen LogP contribution < -0.4 is 0 Å². The molecule has 0 aromatic rings. The van der Waals surface area contributed by atoms with Gasteiger partial charge in [0.1, 0.15) is 0 Å². The Bertz CT molecular complexity index is 103. The third-order valence-electron chi connectivity index (χ3n) is 0.933. The summed E-state index contributed by atoms with van der Waals surface area (Å²) in [6.07, 6.45) is 0.0130. The number of methoxy groups -OCH3 is 1. The number of hydrogen-bond donors (Lipinski definition) is 0. The van der Waals surface area contributed by atoms with Crippen LogP contribution in [0.1, 0.15) is 6.42 Å². The smallest absolute Gasteiger partial charge is 0.434 e. The lowest BCUT2D eigenvalue weighted by Crippen LogP contribution is -2.09. The van der Waals surface area contributed by atoms with Gasteiger partial charge in [0, 0.05) is 20.1 Å². The lowest BCUT2D eigenvalue weighted by Gasteiger charge is -2.02. The Balaban J connectivity index is 3.04. The lowest BCUT2D eigenvalue weighted by atomic mass is 10.5. The maximum absolute atomic E-state index is 10.5. The number of carbonyl (C=O) groups excluding carboxylic acids is 1. The van der Waals surface area contributed by atoms with E-state index in [4.69, 9.17) is 4.74 Å². The monoisotopic (exact) mass is 161 g/mol. The van der Waals surface area contributed by atoms with E-state index in [9.17, 15) is 4.79 Å². The summed E-state index contributed by atoms with van der Waals surface area (Å²) in [5, 5.41) is 0. The molecular weight excluding hydrogens is 148 g/mol. The van der Waals surface area contributed by atoms with E-state index in [-0.39, 0.29) is 6.61 Å². The zero-order chi connectivity index (χ0) is 8.53. The number of hydrogen-bond acceptors (Lipinski definition) is 4. The summed E-state index contributed by atoms with van der Waals surface area (Å²) in [6, 6.07) is 0. The van der Waals surface area contributed by atoms with E-state index < -0.39 is 6.16 Å². The van der Waals surface area contributed by atoms with Crippen LogP contribution in [0, 0.1) is 6.92 Å². The summed E-state index contributed by atoms with van der Waals surface area (Å²) in [4.78, 5) is 10.5. The lowest BCUT2D eigenvalue weighted by molar-refractivity contribution is 0.0558. The predicted molar refractivity (Wildman–Crippen MR) is 39.2 cm³/mol. The highest BCUT2D eigenvalue weighted by Gasteiger charge is 1.99. The first-order valence-electron chi connectivity index (χ1n) is 3.39. The molecule has 4 heteroatoms.